The predicted octanol–water partition coefficient (Wildman–Crippen LogP) is 4.31. The molecular formula is C17H27NO. The van der Waals surface area contributed by atoms with Crippen LogP contribution in [0.15, 0.2) is 36.6 Å². The van der Waals surface area contributed by atoms with Crippen LogP contribution in [-0.4, -0.2) is 17.4 Å². The molecule has 0 aromatic heterocycles. The Morgan fingerprint density at radius 3 is 2.68 bits per heavy atom. The number of carbonyl (C=O) groups excluding carboxylic acids is 1. The Bertz CT molecular complexity index is 390. The maximum atomic E-state index is 11.8. The Morgan fingerprint density at radius 1 is 1.47 bits per heavy atom. The summed E-state index contributed by atoms with van der Waals surface area (Å²) < 4.78 is 0. The molecule has 106 valence electrons. The Morgan fingerprint density at radius 2 is 2.16 bits per heavy atom. The smallest absolute Gasteiger partial charge is 0.250 e. The van der Waals surface area contributed by atoms with Crippen molar-refractivity contribution < 1.29 is 4.79 Å². The van der Waals surface area contributed by atoms with Gasteiger partial charge in [-0.1, -0.05) is 31.2 Å². The minimum absolute atomic E-state index is 0.0380. The van der Waals surface area contributed by atoms with E-state index in [-0.39, 0.29) is 5.91 Å². The van der Waals surface area contributed by atoms with Crippen LogP contribution in [0.25, 0.3) is 0 Å². The lowest BCUT2D eigenvalue weighted by molar-refractivity contribution is -0.123. The summed E-state index contributed by atoms with van der Waals surface area (Å²) >= 11 is 0. The first-order valence-corrected chi connectivity index (χ1v) is 7.12. The second kappa shape index (κ2) is 6.74. The van der Waals surface area contributed by atoms with Gasteiger partial charge in [-0.15, -0.1) is 0 Å². The zero-order valence-electron chi connectivity index (χ0n) is 12.8. The summed E-state index contributed by atoms with van der Waals surface area (Å²) in [5.74, 6) is 0.654. The first-order chi connectivity index (χ1) is 8.92. The molecule has 1 saturated carbocycles. The summed E-state index contributed by atoms with van der Waals surface area (Å²) in [5, 5.41) is 0. The van der Waals surface area contributed by atoms with Gasteiger partial charge in [-0.05, 0) is 63.6 Å². The molecule has 0 radical (unpaired) electrons. The van der Waals surface area contributed by atoms with Crippen LogP contribution < -0.4 is 0 Å². The number of amides is 1. The summed E-state index contributed by atoms with van der Waals surface area (Å²) in [7, 11) is 0. The molecule has 0 aromatic rings. The average Bonchev–Trinajstić information content (AvgIpc) is 2.96. The normalized spacial score (nSPS) is 25.2. The van der Waals surface area contributed by atoms with Gasteiger partial charge in [0.2, 0.25) is 5.91 Å². The highest BCUT2D eigenvalue weighted by atomic mass is 16.2. The molecule has 2 heteroatoms. The monoisotopic (exact) mass is 261 g/mol. The Labute approximate surface area is 117 Å². The van der Waals surface area contributed by atoms with E-state index in [1.807, 2.05) is 6.92 Å². The number of allylic oxidation sites excluding steroid dienone is 3. The van der Waals surface area contributed by atoms with Crippen LogP contribution in [0.1, 0.15) is 47.0 Å². The van der Waals surface area contributed by atoms with Crippen molar-refractivity contribution in [1.82, 2.24) is 4.90 Å². The molecule has 2 unspecified atom stereocenters. The minimum atomic E-state index is 0.0380. The number of rotatable bonds is 7. The molecule has 1 aliphatic carbocycles. The van der Waals surface area contributed by atoms with E-state index < -0.39 is 0 Å². The fraction of sp³-hybridized carbons (Fsp3) is 0.588. The maximum Gasteiger partial charge on any atom is 0.250 e. The average molecular weight is 261 g/mol. The lowest BCUT2D eigenvalue weighted by Gasteiger charge is -2.18. The standard InChI is InChI=1S/C17H27NO/c1-6-9-16(19)18(7-2)13-15-12-17(15,5)11-8-10-14(3)4/h6-7,9-10,15H,2,8,11-13H2,1,3-5H3. The fourth-order valence-electron chi connectivity index (χ4n) is 2.52. The van der Waals surface area contributed by atoms with Crippen LogP contribution in [0.3, 0.4) is 0 Å². The van der Waals surface area contributed by atoms with E-state index in [0.29, 0.717) is 11.3 Å². The highest BCUT2D eigenvalue weighted by molar-refractivity contribution is 5.88. The third-order valence-electron chi connectivity index (χ3n) is 4.04. The first kappa shape index (κ1) is 15.7. The van der Waals surface area contributed by atoms with Crippen molar-refractivity contribution in [3.8, 4) is 0 Å². The molecule has 2 nitrogen and oxygen atoms in total. The van der Waals surface area contributed by atoms with Crippen LogP contribution >= 0.6 is 0 Å². The van der Waals surface area contributed by atoms with Crippen LogP contribution in [0.5, 0.6) is 0 Å². The van der Waals surface area contributed by atoms with Crippen molar-refractivity contribution in [2.24, 2.45) is 11.3 Å². The van der Waals surface area contributed by atoms with Crippen LogP contribution in [-0.2, 0) is 4.79 Å². The van der Waals surface area contributed by atoms with Gasteiger partial charge in [-0.25, -0.2) is 0 Å². The summed E-state index contributed by atoms with van der Waals surface area (Å²) in [6.07, 6.45) is 10.9. The van der Waals surface area contributed by atoms with Gasteiger partial charge < -0.3 is 4.90 Å². The summed E-state index contributed by atoms with van der Waals surface area (Å²) in [6, 6.07) is 0. The van der Waals surface area contributed by atoms with E-state index >= 15 is 0 Å². The van der Waals surface area contributed by atoms with E-state index in [9.17, 15) is 4.79 Å². The highest BCUT2D eigenvalue weighted by Gasteiger charge is 2.49. The summed E-state index contributed by atoms with van der Waals surface area (Å²) in [6.45, 7) is 13.0. The first-order valence-electron chi connectivity index (χ1n) is 7.12. The summed E-state index contributed by atoms with van der Waals surface area (Å²) in [4.78, 5) is 13.5. The lowest BCUT2D eigenvalue weighted by Crippen LogP contribution is -2.27. The molecule has 1 aliphatic rings. The Balaban J connectivity index is 2.45. The second-order valence-corrected chi connectivity index (χ2v) is 6.05. The van der Waals surface area contributed by atoms with Gasteiger partial charge in [-0.3, -0.25) is 4.79 Å². The van der Waals surface area contributed by atoms with Gasteiger partial charge in [0.15, 0.2) is 0 Å². The van der Waals surface area contributed by atoms with Gasteiger partial charge in [0.25, 0.3) is 0 Å². The Hall–Kier alpha value is -1.31. The van der Waals surface area contributed by atoms with Gasteiger partial charge in [-0.2, -0.15) is 0 Å². The van der Waals surface area contributed by atoms with Crippen molar-refractivity contribution >= 4 is 5.91 Å². The third-order valence-corrected chi connectivity index (χ3v) is 4.04. The SMILES string of the molecule is C=CN(CC1CC1(C)CCC=C(C)C)C(=O)C=CC. The number of nitrogens with zero attached hydrogens (tertiary/aromatic N) is 1. The lowest BCUT2D eigenvalue weighted by atomic mass is 9.98. The van der Waals surface area contributed by atoms with E-state index in [1.54, 1.807) is 23.3 Å². The molecule has 2 atom stereocenters. The fourth-order valence-corrected chi connectivity index (χ4v) is 2.52. The Kier molecular flexibility index (Phi) is 5.59. The molecule has 0 saturated heterocycles. The zero-order chi connectivity index (χ0) is 14.5. The van der Waals surface area contributed by atoms with E-state index in [4.69, 9.17) is 0 Å². The molecule has 1 fully saturated rings. The maximum absolute atomic E-state index is 11.8. The van der Waals surface area contributed by atoms with Crippen LogP contribution in [0.4, 0.5) is 0 Å². The number of hydrogen-bond acceptors (Lipinski definition) is 1. The van der Waals surface area contributed by atoms with Crippen molar-refractivity contribution in [1.29, 1.82) is 0 Å². The van der Waals surface area contributed by atoms with Gasteiger partial charge >= 0.3 is 0 Å². The molecule has 0 N–H and O–H groups in total. The van der Waals surface area contributed by atoms with E-state index in [2.05, 4.69) is 33.4 Å². The second-order valence-electron chi connectivity index (χ2n) is 6.05. The molecule has 0 spiro atoms. The van der Waals surface area contributed by atoms with Gasteiger partial charge in [0.1, 0.15) is 0 Å². The van der Waals surface area contributed by atoms with Crippen molar-refractivity contribution in [3.63, 3.8) is 0 Å². The molecule has 1 amide bonds. The van der Waals surface area contributed by atoms with Crippen LogP contribution in [0, 0.1) is 11.3 Å². The van der Waals surface area contributed by atoms with Crippen LogP contribution in [0.2, 0.25) is 0 Å². The molecule has 19 heavy (non-hydrogen) atoms. The molecule has 0 bridgehead atoms. The quantitative estimate of drug-likeness (QED) is 0.494. The number of carbonyl (C=O) groups is 1. The zero-order valence-corrected chi connectivity index (χ0v) is 12.8. The topological polar surface area (TPSA) is 20.3 Å². The van der Waals surface area contributed by atoms with E-state index in [0.717, 1.165) is 13.0 Å². The largest absolute Gasteiger partial charge is 0.316 e. The molecular weight excluding hydrogens is 234 g/mol. The van der Waals surface area contributed by atoms with Crippen molar-refractivity contribution in [2.75, 3.05) is 6.54 Å². The predicted molar refractivity (Wildman–Crippen MR) is 81.6 cm³/mol. The van der Waals surface area contributed by atoms with E-state index in [1.165, 1.54) is 18.4 Å². The van der Waals surface area contributed by atoms with Gasteiger partial charge in [0.05, 0.1) is 0 Å². The van der Waals surface area contributed by atoms with Crippen molar-refractivity contribution in [3.05, 3.63) is 36.6 Å². The molecule has 0 aromatic carbocycles. The molecule has 0 aliphatic heterocycles. The highest BCUT2D eigenvalue weighted by Crippen LogP contribution is 2.55. The third kappa shape index (κ3) is 4.70. The minimum Gasteiger partial charge on any atom is -0.316 e. The molecule has 0 heterocycles. The van der Waals surface area contributed by atoms with Gasteiger partial charge in [0, 0.05) is 6.54 Å². The van der Waals surface area contributed by atoms with Crippen molar-refractivity contribution in [2.45, 2.75) is 47.0 Å². The summed E-state index contributed by atoms with van der Waals surface area (Å²) in [5.41, 5.74) is 1.79. The molecule has 1 rings (SSSR count). The number of hydrogen-bond donors (Lipinski definition) is 0.